The minimum Gasteiger partial charge on any atom is -0.497 e. The normalized spacial score (nSPS) is 19.3. The number of carbonyl (C=O) groups excluding carboxylic acids is 1. The Kier molecular flexibility index (Phi) is 6.09. The number of anilines is 1. The molecule has 1 N–H and O–H groups in total. The van der Waals surface area contributed by atoms with Gasteiger partial charge in [-0.25, -0.2) is 14.8 Å². The van der Waals surface area contributed by atoms with E-state index in [1.807, 2.05) is 35.2 Å². The standard InChI is InChI=1S/C21H27N5O3/c1-28-17-5-2-4-16(12-17)19-13-20(24-15-23-19)25-7-9-26(10-8-25)21(27)22-14-18-6-3-11-29-18/h2,4-5,12-13,15,18H,3,6-11,14H2,1H3,(H,22,27). The van der Waals surface area contributed by atoms with Crippen molar-refractivity contribution < 1.29 is 14.3 Å². The van der Waals surface area contributed by atoms with Gasteiger partial charge in [-0.15, -0.1) is 0 Å². The van der Waals surface area contributed by atoms with Crippen LogP contribution < -0.4 is 15.0 Å². The highest BCUT2D eigenvalue weighted by molar-refractivity contribution is 5.74. The summed E-state index contributed by atoms with van der Waals surface area (Å²) in [6.45, 7) is 4.19. The fourth-order valence-electron chi connectivity index (χ4n) is 3.72. The number of ether oxygens (including phenoxy) is 2. The molecule has 0 radical (unpaired) electrons. The van der Waals surface area contributed by atoms with Crippen LogP contribution in [-0.2, 0) is 4.74 Å². The van der Waals surface area contributed by atoms with E-state index in [1.54, 1.807) is 13.4 Å². The Balaban J connectivity index is 1.34. The lowest BCUT2D eigenvalue weighted by Gasteiger charge is -2.35. The van der Waals surface area contributed by atoms with E-state index in [2.05, 4.69) is 20.2 Å². The van der Waals surface area contributed by atoms with Crippen molar-refractivity contribution in [2.24, 2.45) is 0 Å². The predicted octanol–water partition coefficient (Wildman–Crippen LogP) is 2.16. The molecule has 2 fully saturated rings. The van der Waals surface area contributed by atoms with Gasteiger partial charge in [-0.3, -0.25) is 0 Å². The molecule has 1 aromatic heterocycles. The van der Waals surface area contributed by atoms with Gasteiger partial charge in [0.15, 0.2) is 0 Å². The fraction of sp³-hybridized carbons (Fsp3) is 0.476. The molecule has 154 valence electrons. The van der Waals surface area contributed by atoms with E-state index in [0.717, 1.165) is 55.4 Å². The monoisotopic (exact) mass is 397 g/mol. The average Bonchev–Trinajstić information content (AvgIpc) is 3.31. The largest absolute Gasteiger partial charge is 0.497 e. The van der Waals surface area contributed by atoms with Gasteiger partial charge >= 0.3 is 6.03 Å². The van der Waals surface area contributed by atoms with Crippen LogP contribution in [0, 0.1) is 0 Å². The van der Waals surface area contributed by atoms with E-state index >= 15 is 0 Å². The molecule has 8 heteroatoms. The van der Waals surface area contributed by atoms with Gasteiger partial charge in [0.25, 0.3) is 0 Å². The maximum Gasteiger partial charge on any atom is 0.317 e. The molecule has 1 unspecified atom stereocenters. The van der Waals surface area contributed by atoms with E-state index < -0.39 is 0 Å². The molecule has 1 atom stereocenters. The first-order valence-electron chi connectivity index (χ1n) is 10.1. The first kappa shape index (κ1) is 19.4. The zero-order chi connectivity index (χ0) is 20.1. The minimum absolute atomic E-state index is 0.0140. The molecule has 1 aromatic carbocycles. The third kappa shape index (κ3) is 4.76. The summed E-state index contributed by atoms with van der Waals surface area (Å²) in [4.78, 5) is 25.3. The first-order chi connectivity index (χ1) is 14.2. The number of aromatic nitrogens is 2. The molecule has 0 aliphatic carbocycles. The molecular weight excluding hydrogens is 370 g/mol. The Morgan fingerprint density at radius 1 is 1.24 bits per heavy atom. The Morgan fingerprint density at radius 2 is 2.10 bits per heavy atom. The van der Waals surface area contributed by atoms with E-state index in [0.29, 0.717) is 19.6 Å². The molecule has 4 rings (SSSR count). The number of rotatable bonds is 5. The van der Waals surface area contributed by atoms with Crippen molar-refractivity contribution in [2.75, 3.05) is 51.3 Å². The van der Waals surface area contributed by atoms with E-state index in [9.17, 15) is 4.79 Å². The second-order valence-electron chi connectivity index (χ2n) is 7.29. The van der Waals surface area contributed by atoms with Gasteiger partial charge < -0.3 is 24.6 Å². The smallest absolute Gasteiger partial charge is 0.317 e. The van der Waals surface area contributed by atoms with E-state index in [4.69, 9.17) is 9.47 Å². The van der Waals surface area contributed by atoms with Crippen LogP contribution in [0.5, 0.6) is 5.75 Å². The molecule has 29 heavy (non-hydrogen) atoms. The summed E-state index contributed by atoms with van der Waals surface area (Å²) in [7, 11) is 1.65. The molecule has 0 bridgehead atoms. The second kappa shape index (κ2) is 9.09. The third-order valence-electron chi connectivity index (χ3n) is 5.41. The van der Waals surface area contributed by atoms with Gasteiger partial charge in [0.2, 0.25) is 0 Å². The highest BCUT2D eigenvalue weighted by Gasteiger charge is 2.23. The number of hydrogen-bond donors (Lipinski definition) is 1. The highest BCUT2D eigenvalue weighted by Crippen LogP contribution is 2.24. The summed E-state index contributed by atoms with van der Waals surface area (Å²) >= 11 is 0. The lowest BCUT2D eigenvalue weighted by Crippen LogP contribution is -2.52. The van der Waals surface area contributed by atoms with Crippen LogP contribution in [0.3, 0.4) is 0 Å². The number of nitrogens with one attached hydrogen (secondary N) is 1. The summed E-state index contributed by atoms with van der Waals surface area (Å²) < 4.78 is 10.9. The number of urea groups is 1. The average molecular weight is 397 g/mol. The SMILES string of the molecule is COc1cccc(-c2cc(N3CCN(C(=O)NCC4CCCO4)CC3)ncn2)c1. The molecule has 2 saturated heterocycles. The van der Waals surface area contributed by atoms with Crippen LogP contribution in [0.25, 0.3) is 11.3 Å². The number of hydrogen-bond acceptors (Lipinski definition) is 6. The van der Waals surface area contributed by atoms with Gasteiger partial charge in [0, 0.05) is 51.0 Å². The van der Waals surface area contributed by atoms with E-state index in [-0.39, 0.29) is 12.1 Å². The molecular formula is C21H27N5O3. The predicted molar refractivity (Wildman–Crippen MR) is 110 cm³/mol. The quantitative estimate of drug-likeness (QED) is 0.833. The lowest BCUT2D eigenvalue weighted by molar-refractivity contribution is 0.108. The van der Waals surface area contributed by atoms with Gasteiger partial charge in [-0.1, -0.05) is 12.1 Å². The summed E-state index contributed by atoms with van der Waals surface area (Å²) in [6.07, 6.45) is 3.86. The highest BCUT2D eigenvalue weighted by atomic mass is 16.5. The fourth-order valence-corrected chi connectivity index (χ4v) is 3.72. The summed E-state index contributed by atoms with van der Waals surface area (Å²) in [5.41, 5.74) is 1.84. The van der Waals surface area contributed by atoms with Crippen molar-refractivity contribution in [3.63, 3.8) is 0 Å². The maximum atomic E-state index is 12.4. The number of nitrogens with zero attached hydrogens (tertiary/aromatic N) is 4. The van der Waals surface area contributed by atoms with Crippen LogP contribution in [-0.4, -0.2) is 73.4 Å². The van der Waals surface area contributed by atoms with Crippen molar-refractivity contribution >= 4 is 11.8 Å². The number of benzene rings is 1. The molecule has 2 aliphatic heterocycles. The van der Waals surface area contributed by atoms with Gasteiger partial charge in [-0.05, 0) is 25.0 Å². The van der Waals surface area contributed by atoms with Crippen LogP contribution in [0.4, 0.5) is 10.6 Å². The van der Waals surface area contributed by atoms with Crippen molar-refractivity contribution in [1.29, 1.82) is 0 Å². The van der Waals surface area contributed by atoms with Crippen LogP contribution in [0.15, 0.2) is 36.7 Å². The Labute approximate surface area is 170 Å². The van der Waals surface area contributed by atoms with Gasteiger partial charge in [0.1, 0.15) is 17.9 Å². The number of methoxy groups -OCH3 is 1. The number of amides is 2. The molecule has 2 aliphatic rings. The zero-order valence-corrected chi connectivity index (χ0v) is 16.7. The topological polar surface area (TPSA) is 79.8 Å². The minimum atomic E-state index is -0.0140. The second-order valence-corrected chi connectivity index (χ2v) is 7.29. The molecule has 0 saturated carbocycles. The molecule has 8 nitrogen and oxygen atoms in total. The Bertz CT molecular complexity index is 833. The molecule has 3 heterocycles. The third-order valence-corrected chi connectivity index (χ3v) is 5.41. The molecule has 2 aromatic rings. The number of carbonyl (C=O) groups is 1. The Hall–Kier alpha value is -2.87. The lowest BCUT2D eigenvalue weighted by atomic mass is 10.1. The van der Waals surface area contributed by atoms with Crippen molar-refractivity contribution in [1.82, 2.24) is 20.2 Å². The summed E-state index contributed by atoms with van der Waals surface area (Å²) in [6, 6.07) is 9.80. The van der Waals surface area contributed by atoms with Crippen LogP contribution >= 0.6 is 0 Å². The molecule has 0 spiro atoms. The van der Waals surface area contributed by atoms with Gasteiger partial charge in [0.05, 0.1) is 18.9 Å². The van der Waals surface area contributed by atoms with E-state index in [1.165, 1.54) is 0 Å². The first-order valence-corrected chi connectivity index (χ1v) is 10.1. The molecule has 2 amide bonds. The maximum absolute atomic E-state index is 12.4. The van der Waals surface area contributed by atoms with Crippen LogP contribution in [0.2, 0.25) is 0 Å². The zero-order valence-electron chi connectivity index (χ0n) is 16.7. The van der Waals surface area contributed by atoms with Crippen LogP contribution in [0.1, 0.15) is 12.8 Å². The van der Waals surface area contributed by atoms with Crippen molar-refractivity contribution in [2.45, 2.75) is 18.9 Å². The number of piperazine rings is 1. The van der Waals surface area contributed by atoms with Crippen molar-refractivity contribution in [3.8, 4) is 17.0 Å². The Morgan fingerprint density at radius 3 is 2.86 bits per heavy atom. The summed E-state index contributed by atoms with van der Waals surface area (Å²) in [5.74, 6) is 1.67. The van der Waals surface area contributed by atoms with Crippen molar-refractivity contribution in [3.05, 3.63) is 36.7 Å². The summed E-state index contributed by atoms with van der Waals surface area (Å²) in [5, 5.41) is 3.00. The van der Waals surface area contributed by atoms with Gasteiger partial charge in [-0.2, -0.15) is 0 Å².